The lowest BCUT2D eigenvalue weighted by atomic mass is 9.74. The fraction of sp³-hybridized carbons (Fsp3) is 0.707. The molecule has 0 radical (unpaired) electrons. The van der Waals surface area contributed by atoms with E-state index in [0.717, 1.165) is 5.39 Å². The van der Waals surface area contributed by atoms with Crippen LogP contribution in [-0.2, 0) is 44.6 Å². The zero-order chi connectivity index (χ0) is 42.6. The van der Waals surface area contributed by atoms with E-state index in [1.54, 1.807) is 58.0 Å². The topological polar surface area (TPSA) is 190 Å². The Bertz CT molecular complexity index is 1880. The minimum absolute atomic E-state index is 0.0403. The minimum Gasteiger partial charge on any atom is -0.506 e. The minimum atomic E-state index is -1.48. The molecule has 17 heteroatoms. The van der Waals surface area contributed by atoms with Crippen molar-refractivity contribution >= 4 is 57.1 Å². The van der Waals surface area contributed by atoms with Crippen molar-refractivity contribution in [2.24, 2.45) is 23.7 Å². The monoisotopic (exact) mass is 923 g/mol. The van der Waals surface area contributed by atoms with E-state index in [-0.39, 0.29) is 36.1 Å². The Morgan fingerprint density at radius 3 is 2.38 bits per heavy atom. The molecule has 0 bridgehead atoms. The number of cyclic esters (lactones) is 1. The number of nitrogens with zero attached hydrogens (tertiary/aromatic N) is 5. The number of rotatable bonds is 7. The molecule has 4 aliphatic heterocycles. The molecule has 4 saturated heterocycles. The number of aromatic hydroxyl groups is 1. The van der Waals surface area contributed by atoms with Crippen LogP contribution >= 0.6 is 22.6 Å². The molecule has 2 aromatic rings. The molecule has 0 unspecified atom stereocenters. The van der Waals surface area contributed by atoms with Crippen molar-refractivity contribution in [3.8, 4) is 5.75 Å². The van der Waals surface area contributed by atoms with E-state index in [1.807, 2.05) is 48.5 Å². The normalized spacial score (nSPS) is 38.6. The number of Topliss-reactive ketones (excluding diaryl/α,β-unsaturated/α-hetero) is 2. The predicted octanol–water partition coefficient (Wildman–Crippen LogP) is 3.71. The van der Waals surface area contributed by atoms with Crippen molar-refractivity contribution in [1.82, 2.24) is 24.7 Å². The average molecular weight is 924 g/mol. The van der Waals surface area contributed by atoms with Crippen molar-refractivity contribution in [3.05, 3.63) is 30.2 Å². The van der Waals surface area contributed by atoms with Crippen LogP contribution in [0.15, 0.2) is 24.7 Å². The Labute approximate surface area is 353 Å². The summed E-state index contributed by atoms with van der Waals surface area (Å²) in [5.74, 6) is -5.16. The number of fused-ring (bicyclic) bond motifs is 2. The third-order valence-electron chi connectivity index (χ3n) is 13.0. The Hall–Kier alpha value is -3.07. The molecule has 16 nitrogen and oxygen atoms in total. The van der Waals surface area contributed by atoms with Crippen LogP contribution in [0.4, 0.5) is 4.79 Å². The van der Waals surface area contributed by atoms with E-state index >= 15 is 0 Å². The highest BCUT2D eigenvalue weighted by Crippen LogP contribution is 2.45. The maximum Gasteiger partial charge on any atom is 0.411 e. The summed E-state index contributed by atoms with van der Waals surface area (Å²) < 4.78 is 29.9. The van der Waals surface area contributed by atoms with Gasteiger partial charge in [0.05, 0.1) is 41.6 Å². The Morgan fingerprint density at radius 1 is 1.03 bits per heavy atom. The van der Waals surface area contributed by atoms with Crippen LogP contribution in [0.3, 0.4) is 0 Å². The quantitative estimate of drug-likeness (QED) is 0.177. The number of carbonyl (C=O) groups is 4. The van der Waals surface area contributed by atoms with Gasteiger partial charge in [-0.15, -0.1) is 0 Å². The van der Waals surface area contributed by atoms with Crippen LogP contribution in [0.25, 0.3) is 10.9 Å². The lowest BCUT2D eigenvalue weighted by Crippen LogP contribution is -2.65. The summed E-state index contributed by atoms with van der Waals surface area (Å²) >= 11 is 1.92. The second-order valence-electron chi connectivity index (χ2n) is 17.4. The number of likely N-dealkylation sites (tertiary alicyclic amines) is 1. The number of aromatic nitrogens is 2. The largest absolute Gasteiger partial charge is 0.506 e. The number of carbonyl (C=O) groups excluding carboxylic acids is 4. The lowest BCUT2D eigenvalue weighted by molar-refractivity contribution is -0.295. The van der Waals surface area contributed by atoms with Crippen LogP contribution in [0, 0.1) is 23.7 Å². The maximum absolute atomic E-state index is 14.7. The molecular weight excluding hydrogens is 865 g/mol. The molecule has 6 rings (SSSR count). The van der Waals surface area contributed by atoms with Crippen molar-refractivity contribution in [3.63, 3.8) is 0 Å². The van der Waals surface area contributed by atoms with Crippen LogP contribution in [0.1, 0.15) is 66.9 Å². The summed E-state index contributed by atoms with van der Waals surface area (Å²) in [6.45, 7) is 13.2. The fourth-order valence-electron chi connectivity index (χ4n) is 9.50. The summed E-state index contributed by atoms with van der Waals surface area (Å²) in [5.41, 5.74) is -1.41. The molecule has 2 aromatic heterocycles. The van der Waals surface area contributed by atoms with Crippen LogP contribution in [-0.4, -0.2) is 151 Å². The van der Waals surface area contributed by atoms with Gasteiger partial charge in [0.15, 0.2) is 21.8 Å². The molecule has 58 heavy (non-hydrogen) atoms. The molecule has 4 aliphatic rings. The van der Waals surface area contributed by atoms with Crippen molar-refractivity contribution in [2.75, 3.05) is 34.3 Å². The Balaban J connectivity index is 1.31. The standard InChI is InChI=1S/C41H58IN5O11/c1-20-14-40(6,54-10)35(56-37-33(51)29(45(8)9)13-21(2)55-37)23(4)32(50)24(5)36(52)57-38(42)41(7)34(22(3)31(20)49)47(39(53)58-41)25-17-46(18-25)19-27-26-15-43-12-11-28(26)44-16-30(27)48/h11-12,15-16,20-25,29,33-35,37-38,48,51H,13-14,17-19H2,1-10H3/t20-,21-,22+,23+,24-,29+,33-,34+,35-,37+,38+,40-,41+/m1/s1. The van der Waals surface area contributed by atoms with Gasteiger partial charge in [0, 0.05) is 73.9 Å². The molecule has 13 atom stereocenters. The summed E-state index contributed by atoms with van der Waals surface area (Å²) in [6.07, 6.45) is 1.19. The van der Waals surface area contributed by atoms with E-state index in [1.165, 1.54) is 20.2 Å². The molecule has 4 fully saturated rings. The van der Waals surface area contributed by atoms with Crippen LogP contribution in [0.2, 0.25) is 0 Å². The summed E-state index contributed by atoms with van der Waals surface area (Å²) in [7, 11) is 5.21. The molecule has 1 amide bonds. The zero-order valence-electron chi connectivity index (χ0n) is 35.0. The number of ether oxygens (including phenoxy) is 5. The van der Waals surface area contributed by atoms with E-state index in [2.05, 4.69) is 14.9 Å². The first-order valence-electron chi connectivity index (χ1n) is 20.0. The van der Waals surface area contributed by atoms with Crippen LogP contribution in [0.5, 0.6) is 5.75 Å². The van der Waals surface area contributed by atoms with Gasteiger partial charge in [-0.25, -0.2) is 4.79 Å². The number of halogens is 1. The summed E-state index contributed by atoms with van der Waals surface area (Å²) in [4.78, 5) is 70.9. The lowest BCUT2D eigenvalue weighted by Gasteiger charge is -2.48. The highest BCUT2D eigenvalue weighted by atomic mass is 127. The third kappa shape index (κ3) is 8.20. The number of pyridine rings is 2. The Morgan fingerprint density at radius 2 is 1.72 bits per heavy atom. The van der Waals surface area contributed by atoms with Crippen molar-refractivity contribution in [1.29, 1.82) is 0 Å². The molecule has 6 heterocycles. The van der Waals surface area contributed by atoms with E-state index < -0.39 is 81.4 Å². The zero-order valence-corrected chi connectivity index (χ0v) is 37.1. The first-order valence-corrected chi connectivity index (χ1v) is 21.2. The molecule has 0 saturated carbocycles. The SMILES string of the molecule is CO[C@]1(C)C[C@@H](C)C(=O)[C@H](C)[C@@H]2N(C3CN(Cc4c(O)cnc5ccncc45)C3)C(=O)O[C@]2(C)[C@@H](I)OC(=O)[C@H](C)C(=O)[C@H](C)[C@H]1O[C@@H]1O[C@H](C)C[C@H](N(C)C)[C@H]1O. The second-order valence-corrected chi connectivity index (χ2v) is 18.5. The number of methoxy groups -OCH3 is 1. The van der Waals surface area contributed by atoms with Gasteiger partial charge in [-0.05, 0) is 83.3 Å². The number of aliphatic hydroxyl groups excluding tert-OH is 1. The number of aliphatic hydroxyl groups is 1. The second kappa shape index (κ2) is 17.1. The van der Waals surface area contributed by atoms with E-state index in [4.69, 9.17) is 23.7 Å². The van der Waals surface area contributed by atoms with E-state index in [9.17, 15) is 29.4 Å². The van der Waals surface area contributed by atoms with Gasteiger partial charge in [0.25, 0.3) is 0 Å². The molecule has 2 N–H and O–H groups in total. The first kappa shape index (κ1) is 44.5. The molecule has 0 aromatic carbocycles. The smallest absolute Gasteiger partial charge is 0.411 e. The van der Waals surface area contributed by atoms with Crippen molar-refractivity contribution in [2.45, 2.75) is 126 Å². The molecular formula is C41H58IN5O11. The number of hydrogen-bond acceptors (Lipinski definition) is 15. The van der Waals surface area contributed by atoms with Crippen LogP contribution < -0.4 is 0 Å². The van der Waals surface area contributed by atoms with Gasteiger partial charge in [0.2, 0.25) is 0 Å². The fourth-order valence-corrected chi connectivity index (χ4v) is 10.2. The van der Waals surface area contributed by atoms with Gasteiger partial charge in [0.1, 0.15) is 23.6 Å². The highest BCUT2D eigenvalue weighted by molar-refractivity contribution is 14.1. The predicted molar refractivity (Wildman–Crippen MR) is 219 cm³/mol. The number of likely N-dealkylation sites (N-methyl/N-ethyl adjacent to an activating group) is 1. The number of alkyl halides is 1. The number of ketones is 2. The number of amides is 1. The van der Waals surface area contributed by atoms with Gasteiger partial charge in [-0.1, -0.05) is 20.8 Å². The van der Waals surface area contributed by atoms with Gasteiger partial charge in [-0.2, -0.15) is 0 Å². The Kier molecular flexibility index (Phi) is 13.1. The van der Waals surface area contributed by atoms with Crippen molar-refractivity contribution < 1.29 is 53.1 Å². The maximum atomic E-state index is 14.7. The number of esters is 1. The molecule has 0 aliphatic carbocycles. The summed E-state index contributed by atoms with van der Waals surface area (Å²) in [6, 6.07) is 0.253. The summed E-state index contributed by atoms with van der Waals surface area (Å²) in [5, 5.41) is 22.9. The average Bonchev–Trinajstić information content (AvgIpc) is 3.44. The van der Waals surface area contributed by atoms with Gasteiger partial charge < -0.3 is 38.8 Å². The van der Waals surface area contributed by atoms with E-state index in [0.29, 0.717) is 37.1 Å². The molecule has 0 spiro atoms. The third-order valence-corrected chi connectivity index (χ3v) is 14.5. The van der Waals surface area contributed by atoms with Gasteiger partial charge in [-0.3, -0.25) is 34.2 Å². The number of hydrogen-bond donors (Lipinski definition) is 2. The highest BCUT2D eigenvalue weighted by Gasteiger charge is 2.62. The molecule has 320 valence electrons. The first-order chi connectivity index (χ1) is 27.2. The van der Waals surface area contributed by atoms with Gasteiger partial charge >= 0.3 is 12.1 Å².